The SMILES string of the molecule is CNc1cncc(Oc2cccc([N+](=O)[O-])c2Br)c1. The van der Waals surface area contributed by atoms with Crippen molar-refractivity contribution in [3.8, 4) is 11.5 Å². The summed E-state index contributed by atoms with van der Waals surface area (Å²) in [6, 6.07) is 6.36. The normalized spacial score (nSPS) is 10.0. The molecule has 0 atom stereocenters. The van der Waals surface area contributed by atoms with E-state index in [1.54, 1.807) is 31.4 Å². The number of halogens is 1. The molecule has 7 heteroatoms. The number of rotatable bonds is 4. The number of nitrogens with zero attached hydrogens (tertiary/aromatic N) is 2. The van der Waals surface area contributed by atoms with E-state index in [-0.39, 0.29) is 5.69 Å². The fraction of sp³-hybridized carbons (Fsp3) is 0.0833. The summed E-state index contributed by atoms with van der Waals surface area (Å²) < 4.78 is 5.89. The van der Waals surface area contributed by atoms with Gasteiger partial charge >= 0.3 is 0 Å². The Morgan fingerprint density at radius 1 is 1.42 bits per heavy atom. The largest absolute Gasteiger partial charge is 0.454 e. The monoisotopic (exact) mass is 323 g/mol. The predicted molar refractivity (Wildman–Crippen MR) is 74.7 cm³/mol. The Kier molecular flexibility index (Phi) is 3.96. The summed E-state index contributed by atoms with van der Waals surface area (Å²) >= 11 is 3.17. The van der Waals surface area contributed by atoms with Crippen LogP contribution in [0, 0.1) is 10.1 Å². The first-order valence-electron chi connectivity index (χ1n) is 5.35. The summed E-state index contributed by atoms with van der Waals surface area (Å²) in [6.07, 6.45) is 3.18. The molecule has 0 aliphatic heterocycles. The number of ether oxygens (including phenoxy) is 1. The van der Waals surface area contributed by atoms with Crippen LogP contribution in [0.15, 0.2) is 41.1 Å². The van der Waals surface area contributed by atoms with Crippen molar-refractivity contribution < 1.29 is 9.66 Å². The van der Waals surface area contributed by atoms with Crippen molar-refractivity contribution in [2.75, 3.05) is 12.4 Å². The zero-order valence-corrected chi connectivity index (χ0v) is 11.5. The molecule has 6 nitrogen and oxygen atoms in total. The van der Waals surface area contributed by atoms with Crippen molar-refractivity contribution in [3.05, 3.63) is 51.2 Å². The molecule has 0 saturated carbocycles. The molecule has 0 saturated heterocycles. The van der Waals surface area contributed by atoms with Crippen LogP contribution in [-0.4, -0.2) is 17.0 Å². The highest BCUT2D eigenvalue weighted by molar-refractivity contribution is 9.10. The van der Waals surface area contributed by atoms with Crippen molar-refractivity contribution in [1.82, 2.24) is 4.98 Å². The number of benzene rings is 1. The van der Waals surface area contributed by atoms with Crippen LogP contribution >= 0.6 is 15.9 Å². The van der Waals surface area contributed by atoms with E-state index < -0.39 is 4.92 Å². The number of anilines is 1. The smallest absolute Gasteiger partial charge is 0.287 e. The molecule has 0 spiro atoms. The lowest BCUT2D eigenvalue weighted by molar-refractivity contribution is -0.385. The second-order valence-electron chi connectivity index (χ2n) is 3.61. The number of nitrogens with one attached hydrogen (secondary N) is 1. The van der Waals surface area contributed by atoms with Crippen LogP contribution in [0.4, 0.5) is 11.4 Å². The minimum Gasteiger partial charge on any atom is -0.454 e. The Bertz CT molecular complexity index is 619. The van der Waals surface area contributed by atoms with Gasteiger partial charge in [0, 0.05) is 19.2 Å². The molecule has 0 aliphatic carbocycles. The molecule has 0 fully saturated rings. The van der Waals surface area contributed by atoms with Gasteiger partial charge in [-0.05, 0) is 22.0 Å². The highest BCUT2D eigenvalue weighted by Crippen LogP contribution is 2.36. The first kappa shape index (κ1) is 13.3. The number of nitro benzene ring substituents is 1. The molecule has 2 rings (SSSR count). The molecule has 0 unspecified atom stereocenters. The summed E-state index contributed by atoms with van der Waals surface area (Å²) in [5, 5.41) is 13.8. The Balaban J connectivity index is 2.33. The average molecular weight is 324 g/mol. The van der Waals surface area contributed by atoms with E-state index in [1.165, 1.54) is 12.3 Å². The number of hydrogen-bond acceptors (Lipinski definition) is 5. The molecular formula is C12H10BrN3O3. The molecule has 2 aromatic rings. The van der Waals surface area contributed by atoms with Crippen molar-refractivity contribution in [3.63, 3.8) is 0 Å². The van der Waals surface area contributed by atoms with Gasteiger partial charge in [0.15, 0.2) is 0 Å². The zero-order valence-electron chi connectivity index (χ0n) is 9.96. The third-order valence-electron chi connectivity index (χ3n) is 2.37. The first-order valence-corrected chi connectivity index (χ1v) is 6.14. The van der Waals surface area contributed by atoms with Crippen LogP contribution in [0.25, 0.3) is 0 Å². The van der Waals surface area contributed by atoms with Crippen LogP contribution in [0.5, 0.6) is 11.5 Å². The first-order chi connectivity index (χ1) is 9.11. The molecule has 1 heterocycles. The maximum Gasteiger partial charge on any atom is 0.287 e. The molecule has 1 aromatic carbocycles. The van der Waals surface area contributed by atoms with E-state index in [4.69, 9.17) is 4.74 Å². The van der Waals surface area contributed by atoms with E-state index in [0.29, 0.717) is 16.0 Å². The minimum absolute atomic E-state index is 0.0461. The molecule has 98 valence electrons. The van der Waals surface area contributed by atoms with Gasteiger partial charge in [-0.15, -0.1) is 0 Å². The van der Waals surface area contributed by atoms with Crippen LogP contribution < -0.4 is 10.1 Å². The van der Waals surface area contributed by atoms with Crippen LogP contribution in [0.1, 0.15) is 0 Å². The van der Waals surface area contributed by atoms with Crippen LogP contribution in [0.3, 0.4) is 0 Å². The number of hydrogen-bond donors (Lipinski definition) is 1. The lowest BCUT2D eigenvalue weighted by Gasteiger charge is -2.08. The topological polar surface area (TPSA) is 77.3 Å². The minimum atomic E-state index is -0.473. The highest BCUT2D eigenvalue weighted by atomic mass is 79.9. The van der Waals surface area contributed by atoms with Crippen molar-refractivity contribution in [1.29, 1.82) is 0 Å². The molecule has 0 amide bonds. The van der Waals surface area contributed by atoms with Gasteiger partial charge < -0.3 is 10.1 Å². The van der Waals surface area contributed by atoms with Gasteiger partial charge in [0.05, 0.1) is 23.0 Å². The summed E-state index contributed by atoms with van der Waals surface area (Å²) in [5.41, 5.74) is 0.745. The number of aromatic nitrogens is 1. The Labute approximate surface area is 117 Å². The van der Waals surface area contributed by atoms with Gasteiger partial charge in [0.1, 0.15) is 16.0 Å². The third kappa shape index (κ3) is 3.00. The van der Waals surface area contributed by atoms with Gasteiger partial charge in [-0.3, -0.25) is 15.1 Å². The lowest BCUT2D eigenvalue weighted by Crippen LogP contribution is -1.94. The average Bonchev–Trinajstić information content (AvgIpc) is 2.41. The highest BCUT2D eigenvalue weighted by Gasteiger charge is 2.16. The summed E-state index contributed by atoms with van der Waals surface area (Å²) in [5.74, 6) is 0.859. The van der Waals surface area contributed by atoms with Crippen LogP contribution in [-0.2, 0) is 0 Å². The maximum absolute atomic E-state index is 10.8. The second-order valence-corrected chi connectivity index (χ2v) is 4.40. The van der Waals surface area contributed by atoms with Gasteiger partial charge in [-0.25, -0.2) is 0 Å². The molecule has 0 bridgehead atoms. The third-order valence-corrected chi connectivity index (χ3v) is 3.17. The van der Waals surface area contributed by atoms with E-state index in [2.05, 4.69) is 26.2 Å². The number of nitro groups is 1. The predicted octanol–water partition coefficient (Wildman–Crippen LogP) is 3.59. The van der Waals surface area contributed by atoms with Crippen molar-refractivity contribution in [2.45, 2.75) is 0 Å². The summed E-state index contributed by atoms with van der Waals surface area (Å²) in [6.45, 7) is 0. The fourth-order valence-corrected chi connectivity index (χ4v) is 1.95. The molecule has 19 heavy (non-hydrogen) atoms. The standard InChI is InChI=1S/C12H10BrN3O3/c1-14-8-5-9(7-15-6-8)19-11-4-2-3-10(12(11)13)16(17)18/h2-7,14H,1H3. The number of pyridine rings is 1. The molecule has 0 aliphatic rings. The quantitative estimate of drug-likeness (QED) is 0.687. The maximum atomic E-state index is 10.8. The Morgan fingerprint density at radius 2 is 2.21 bits per heavy atom. The van der Waals surface area contributed by atoms with Gasteiger partial charge in [-0.1, -0.05) is 6.07 Å². The van der Waals surface area contributed by atoms with Gasteiger partial charge in [0.25, 0.3) is 5.69 Å². The molecule has 0 radical (unpaired) electrons. The van der Waals surface area contributed by atoms with Gasteiger partial charge in [0.2, 0.25) is 0 Å². The van der Waals surface area contributed by atoms with E-state index >= 15 is 0 Å². The second kappa shape index (κ2) is 5.66. The van der Waals surface area contributed by atoms with E-state index in [0.717, 1.165) is 5.69 Å². The van der Waals surface area contributed by atoms with Crippen molar-refractivity contribution >= 4 is 27.3 Å². The Morgan fingerprint density at radius 3 is 2.89 bits per heavy atom. The fourth-order valence-electron chi connectivity index (χ4n) is 1.46. The Hall–Kier alpha value is -2.15. The zero-order chi connectivity index (χ0) is 13.8. The molecule has 1 N–H and O–H groups in total. The van der Waals surface area contributed by atoms with Crippen LogP contribution in [0.2, 0.25) is 0 Å². The summed E-state index contributed by atoms with van der Waals surface area (Å²) in [4.78, 5) is 14.4. The van der Waals surface area contributed by atoms with Gasteiger partial charge in [-0.2, -0.15) is 0 Å². The van der Waals surface area contributed by atoms with Crippen molar-refractivity contribution in [2.24, 2.45) is 0 Å². The summed E-state index contributed by atoms with van der Waals surface area (Å²) in [7, 11) is 1.77. The molecule has 1 aromatic heterocycles. The molecular weight excluding hydrogens is 314 g/mol. The van der Waals surface area contributed by atoms with E-state index in [1.807, 2.05) is 0 Å². The lowest BCUT2D eigenvalue weighted by atomic mass is 10.3. The van der Waals surface area contributed by atoms with E-state index in [9.17, 15) is 10.1 Å².